The first kappa shape index (κ1) is 25.8. The molecular weight excluding hydrogens is 475 g/mol. The number of hydrogen-bond donors (Lipinski definition) is 2. The highest BCUT2D eigenvalue weighted by Crippen LogP contribution is 2.21. The molecule has 2 heterocycles. The maximum Gasteiger partial charge on any atom is 0.407 e. The molecule has 0 bridgehead atoms. The van der Waals surface area contributed by atoms with Crippen LogP contribution >= 0.6 is 11.3 Å². The van der Waals surface area contributed by atoms with Crippen LogP contribution in [0.5, 0.6) is 0 Å². The summed E-state index contributed by atoms with van der Waals surface area (Å²) >= 11 is 1.40. The van der Waals surface area contributed by atoms with E-state index in [9.17, 15) is 18.8 Å². The summed E-state index contributed by atoms with van der Waals surface area (Å²) in [4.78, 5) is 40.8. The predicted molar refractivity (Wildman–Crippen MR) is 130 cm³/mol. The van der Waals surface area contributed by atoms with Crippen molar-refractivity contribution in [1.29, 1.82) is 0 Å². The van der Waals surface area contributed by atoms with E-state index < -0.39 is 17.3 Å². The fourth-order valence-corrected chi connectivity index (χ4v) is 3.89. The number of ether oxygens (including phenoxy) is 1. The smallest absolute Gasteiger partial charge is 0.407 e. The van der Waals surface area contributed by atoms with E-state index >= 15 is 0 Å². The van der Waals surface area contributed by atoms with Crippen molar-refractivity contribution in [3.05, 3.63) is 69.6 Å². The van der Waals surface area contributed by atoms with E-state index in [1.165, 1.54) is 29.2 Å². The van der Waals surface area contributed by atoms with Crippen molar-refractivity contribution >= 4 is 28.5 Å². The second kappa shape index (κ2) is 11.1. The Morgan fingerprint density at radius 2 is 1.94 bits per heavy atom. The van der Waals surface area contributed by atoms with E-state index in [4.69, 9.17) is 4.74 Å². The first-order valence-electron chi connectivity index (χ1n) is 10.7. The molecule has 0 radical (unpaired) electrons. The van der Waals surface area contributed by atoms with Crippen LogP contribution in [0.3, 0.4) is 0 Å². The van der Waals surface area contributed by atoms with Crippen LogP contribution < -0.4 is 16.3 Å². The third kappa shape index (κ3) is 7.60. The lowest BCUT2D eigenvalue weighted by Gasteiger charge is -2.20. The molecule has 0 atom stereocenters. The van der Waals surface area contributed by atoms with E-state index in [2.05, 4.69) is 20.7 Å². The number of aromatic nitrogens is 4. The summed E-state index contributed by atoms with van der Waals surface area (Å²) in [6.45, 7) is 6.34. The maximum atomic E-state index is 13.3. The van der Waals surface area contributed by atoms with Gasteiger partial charge in [0, 0.05) is 35.5 Å². The number of nitrogens with one attached hydrogen (secondary N) is 2. The van der Waals surface area contributed by atoms with Gasteiger partial charge >= 0.3 is 11.8 Å². The number of anilines is 1. The monoisotopic (exact) mass is 502 g/mol. The minimum Gasteiger partial charge on any atom is -0.445 e. The molecule has 1 aromatic carbocycles. The molecule has 12 heteroatoms. The molecule has 10 nitrogen and oxygen atoms in total. The van der Waals surface area contributed by atoms with Crippen LogP contribution in [0.15, 0.2) is 53.5 Å². The molecular formula is C23H27FN6O4S. The molecule has 35 heavy (non-hydrogen) atoms. The van der Waals surface area contributed by atoms with Crippen molar-refractivity contribution in [2.75, 3.05) is 11.9 Å². The number of alkyl carbamates (subject to hydrolysis) is 1. The fraction of sp³-hybridized carbons (Fsp3) is 0.348. The molecule has 0 saturated carbocycles. The van der Waals surface area contributed by atoms with E-state index in [0.717, 1.165) is 15.1 Å². The number of carbonyl (C=O) groups excluding carboxylic acids is 2. The molecule has 0 saturated heterocycles. The summed E-state index contributed by atoms with van der Waals surface area (Å²) < 4.78 is 20.8. The van der Waals surface area contributed by atoms with Gasteiger partial charge in [-0.1, -0.05) is 12.1 Å². The topological polar surface area (TPSA) is 120 Å². The number of hydrogen-bond acceptors (Lipinski definition) is 7. The number of nitrogens with zero attached hydrogens (tertiary/aromatic N) is 4. The Labute approximate surface area is 205 Å². The second-order valence-electron chi connectivity index (χ2n) is 8.82. The van der Waals surface area contributed by atoms with Crippen LogP contribution in [-0.2, 0) is 22.5 Å². The zero-order valence-corrected chi connectivity index (χ0v) is 20.7. The van der Waals surface area contributed by atoms with Crippen molar-refractivity contribution in [3.8, 4) is 5.69 Å². The van der Waals surface area contributed by atoms with E-state index in [0.29, 0.717) is 23.6 Å². The van der Waals surface area contributed by atoms with Crippen LogP contribution in [0.2, 0.25) is 0 Å². The molecule has 3 rings (SSSR count). The minimum absolute atomic E-state index is 0.0833. The Hall–Kier alpha value is -3.80. The molecule has 2 N–H and O–H groups in total. The Morgan fingerprint density at radius 1 is 1.23 bits per heavy atom. The summed E-state index contributed by atoms with van der Waals surface area (Å²) in [7, 11) is 0. The standard InChI is InChI=1S/C23H27FN6O4S/c1-15(31)27-20-25-11-19(35-20)9-16-5-7-18(8-6-16)29-14-26-30(22(29)33)12-17(10-24)13-34-21(32)28-23(2,3)4/h5-8,10-11,14H,9,12-13H2,1-4H3,(H,28,32)(H,25,27,31)/b17-10+. The summed E-state index contributed by atoms with van der Waals surface area (Å²) in [6.07, 6.45) is 3.31. The zero-order chi connectivity index (χ0) is 25.6. The van der Waals surface area contributed by atoms with Gasteiger partial charge in [0.1, 0.15) is 12.9 Å². The molecule has 2 aromatic heterocycles. The van der Waals surface area contributed by atoms with Crippen LogP contribution in [-0.4, -0.2) is 43.5 Å². The lowest BCUT2D eigenvalue weighted by Crippen LogP contribution is -2.41. The van der Waals surface area contributed by atoms with Gasteiger partial charge in [-0.2, -0.15) is 5.10 Å². The van der Waals surface area contributed by atoms with Crippen molar-refractivity contribution < 1.29 is 18.7 Å². The van der Waals surface area contributed by atoms with Gasteiger partial charge in [-0.3, -0.25) is 4.79 Å². The fourth-order valence-electron chi connectivity index (χ4n) is 3.00. The molecule has 186 valence electrons. The number of amides is 2. The maximum absolute atomic E-state index is 13.3. The molecule has 0 aliphatic carbocycles. The lowest BCUT2D eigenvalue weighted by molar-refractivity contribution is -0.114. The molecule has 2 amide bonds. The molecule has 0 aliphatic heterocycles. The number of thiazole rings is 1. The third-order valence-electron chi connectivity index (χ3n) is 4.54. The van der Waals surface area contributed by atoms with Crippen molar-refractivity contribution in [2.45, 2.75) is 46.2 Å². The highest BCUT2D eigenvalue weighted by molar-refractivity contribution is 7.15. The van der Waals surface area contributed by atoms with E-state index in [1.54, 1.807) is 39.1 Å². The molecule has 0 fully saturated rings. The van der Waals surface area contributed by atoms with Crippen LogP contribution in [0.25, 0.3) is 5.69 Å². The highest BCUT2D eigenvalue weighted by Gasteiger charge is 2.16. The van der Waals surface area contributed by atoms with E-state index in [1.807, 2.05) is 12.1 Å². The van der Waals surface area contributed by atoms with Crippen molar-refractivity contribution in [3.63, 3.8) is 0 Å². The zero-order valence-electron chi connectivity index (χ0n) is 19.9. The molecule has 0 unspecified atom stereocenters. The van der Waals surface area contributed by atoms with Gasteiger partial charge in [0.05, 0.1) is 18.6 Å². The highest BCUT2D eigenvalue weighted by atomic mass is 32.1. The molecule has 0 spiro atoms. The number of rotatable bonds is 8. The normalized spacial score (nSPS) is 11.9. The van der Waals surface area contributed by atoms with Gasteiger partial charge in [-0.25, -0.2) is 28.2 Å². The SMILES string of the molecule is CC(=O)Nc1ncc(Cc2ccc(-n3cnn(C/C(=C\F)COC(=O)NC(C)(C)C)c3=O)cc2)s1. The summed E-state index contributed by atoms with van der Waals surface area (Å²) in [5, 5.41) is 9.86. The Morgan fingerprint density at radius 3 is 2.57 bits per heavy atom. The van der Waals surface area contributed by atoms with Gasteiger partial charge in [-0.05, 0) is 38.5 Å². The summed E-state index contributed by atoms with van der Waals surface area (Å²) in [5.74, 6) is -0.172. The number of halogens is 1. The number of carbonyl (C=O) groups is 2. The second-order valence-corrected chi connectivity index (χ2v) is 9.93. The Balaban J connectivity index is 1.62. The minimum atomic E-state index is -0.681. The first-order valence-corrected chi connectivity index (χ1v) is 11.5. The van der Waals surface area contributed by atoms with Gasteiger partial charge in [0.25, 0.3) is 0 Å². The Bertz CT molecular complexity index is 1270. The van der Waals surface area contributed by atoms with Crippen LogP contribution in [0.4, 0.5) is 14.3 Å². The molecule has 0 aliphatic rings. The average Bonchev–Trinajstić information content (AvgIpc) is 3.36. The van der Waals surface area contributed by atoms with Crippen LogP contribution in [0, 0.1) is 0 Å². The first-order chi connectivity index (χ1) is 16.5. The van der Waals surface area contributed by atoms with Gasteiger partial charge in [0.2, 0.25) is 5.91 Å². The van der Waals surface area contributed by atoms with Crippen molar-refractivity contribution in [2.24, 2.45) is 0 Å². The van der Waals surface area contributed by atoms with Gasteiger partial charge in [0.15, 0.2) is 5.13 Å². The predicted octanol–water partition coefficient (Wildman–Crippen LogP) is 3.42. The summed E-state index contributed by atoms with van der Waals surface area (Å²) in [6, 6.07) is 7.33. The quantitative estimate of drug-likeness (QED) is 0.487. The largest absolute Gasteiger partial charge is 0.445 e. The van der Waals surface area contributed by atoms with Gasteiger partial charge < -0.3 is 15.4 Å². The molecule has 3 aromatic rings. The van der Waals surface area contributed by atoms with Crippen molar-refractivity contribution in [1.82, 2.24) is 24.6 Å². The average molecular weight is 503 g/mol. The van der Waals surface area contributed by atoms with Crippen LogP contribution in [0.1, 0.15) is 38.1 Å². The van der Waals surface area contributed by atoms with Gasteiger partial charge in [-0.15, -0.1) is 11.3 Å². The Kier molecular flexibility index (Phi) is 8.18. The third-order valence-corrected chi connectivity index (χ3v) is 5.45. The lowest BCUT2D eigenvalue weighted by atomic mass is 10.1. The number of benzene rings is 1. The van der Waals surface area contributed by atoms with E-state index in [-0.39, 0.29) is 24.6 Å². The summed E-state index contributed by atoms with van der Waals surface area (Å²) in [5.41, 5.74) is 0.733.